The quantitative estimate of drug-likeness (QED) is 0.327. The van der Waals surface area contributed by atoms with Gasteiger partial charge in [0.15, 0.2) is 0 Å². The molecule has 0 amide bonds. The average molecular weight is 439 g/mol. The lowest BCUT2D eigenvalue weighted by Crippen LogP contribution is -2.47. The predicted molar refractivity (Wildman–Crippen MR) is 125 cm³/mol. The highest BCUT2D eigenvalue weighted by Gasteiger charge is 2.53. The van der Waals surface area contributed by atoms with Crippen molar-refractivity contribution >= 4 is 14.3 Å². The van der Waals surface area contributed by atoms with Crippen molar-refractivity contribution in [1.82, 2.24) is 0 Å². The van der Waals surface area contributed by atoms with Gasteiger partial charge in [0, 0.05) is 11.8 Å². The largest absolute Gasteiger partial charge is 0.545 e. The normalized spacial score (nSPS) is 34.4. The van der Waals surface area contributed by atoms with Crippen LogP contribution in [0.4, 0.5) is 0 Å². The first kappa shape index (κ1) is 22.1. The minimum atomic E-state index is -1.69. The van der Waals surface area contributed by atoms with Gasteiger partial charge in [-0.1, -0.05) is 35.9 Å². The molecule has 5 atom stereocenters. The number of hydrogen-bond donors (Lipinski definition) is 0. The van der Waals surface area contributed by atoms with Crippen molar-refractivity contribution < 1.29 is 18.7 Å². The lowest BCUT2D eigenvalue weighted by atomic mass is 9.75. The maximum Gasteiger partial charge on any atom is 0.338 e. The highest BCUT2D eigenvalue weighted by Crippen LogP contribution is 2.47. The molecule has 0 unspecified atom stereocenters. The summed E-state index contributed by atoms with van der Waals surface area (Å²) in [6.07, 6.45) is 11.2. The summed E-state index contributed by atoms with van der Waals surface area (Å²) >= 11 is 0. The molecule has 0 spiro atoms. The van der Waals surface area contributed by atoms with Crippen molar-refractivity contribution in [3.05, 3.63) is 71.5 Å². The lowest BCUT2D eigenvalue weighted by Gasteiger charge is -2.38. The maximum absolute atomic E-state index is 13.0. The number of carbonyl (C=O) groups excluding carboxylic acids is 1. The monoisotopic (exact) mass is 438 g/mol. The highest BCUT2D eigenvalue weighted by atomic mass is 28.4. The molecule has 1 aromatic carbocycles. The summed E-state index contributed by atoms with van der Waals surface area (Å²) in [5.74, 6) is 1.05. The van der Waals surface area contributed by atoms with Gasteiger partial charge in [-0.25, -0.2) is 4.79 Å². The summed E-state index contributed by atoms with van der Waals surface area (Å²) in [5.41, 5.74) is 1.20. The van der Waals surface area contributed by atoms with Crippen LogP contribution in [0, 0.1) is 11.8 Å². The van der Waals surface area contributed by atoms with Gasteiger partial charge < -0.3 is 13.9 Å². The van der Waals surface area contributed by atoms with E-state index in [0.29, 0.717) is 5.56 Å². The first-order valence-electron chi connectivity index (χ1n) is 11.3. The van der Waals surface area contributed by atoms with Gasteiger partial charge in [0.05, 0.1) is 17.4 Å². The van der Waals surface area contributed by atoms with Gasteiger partial charge in [0.25, 0.3) is 0 Å². The second kappa shape index (κ2) is 8.44. The molecular weight excluding hydrogens is 404 g/mol. The van der Waals surface area contributed by atoms with Crippen molar-refractivity contribution in [2.75, 3.05) is 0 Å². The summed E-state index contributed by atoms with van der Waals surface area (Å²) in [6.45, 7) is 10.8. The first-order valence-corrected chi connectivity index (χ1v) is 14.7. The fourth-order valence-electron chi connectivity index (χ4n) is 4.98. The number of rotatable bonds is 4. The van der Waals surface area contributed by atoms with Crippen molar-refractivity contribution in [2.24, 2.45) is 11.8 Å². The SMILES string of the molecule is C/C1=C/CC[C@@](C)(OC(=O)c2ccccc2)[C@@H]2O[C@H](C1)[C@H]1C=C(O[Si](C)(C)C)C=C[C@H]12. The zero-order chi connectivity index (χ0) is 22.2. The van der Waals surface area contributed by atoms with Gasteiger partial charge in [0.2, 0.25) is 8.32 Å². The fourth-order valence-corrected chi connectivity index (χ4v) is 5.82. The molecule has 2 aliphatic heterocycles. The molecule has 0 radical (unpaired) electrons. The minimum absolute atomic E-state index is 0.0595. The van der Waals surface area contributed by atoms with Gasteiger partial charge in [-0.05, 0) is 77.0 Å². The zero-order valence-electron chi connectivity index (χ0n) is 19.3. The predicted octanol–water partition coefficient (Wildman–Crippen LogP) is 6.04. The summed E-state index contributed by atoms with van der Waals surface area (Å²) in [4.78, 5) is 13.0. The molecule has 1 aliphatic carbocycles. The average Bonchev–Trinajstić information content (AvgIpc) is 3.07. The Labute approximate surface area is 187 Å². The molecule has 3 aliphatic rings. The smallest absolute Gasteiger partial charge is 0.338 e. The van der Waals surface area contributed by atoms with Gasteiger partial charge in [-0.3, -0.25) is 0 Å². The van der Waals surface area contributed by atoms with Crippen molar-refractivity contribution in [3.63, 3.8) is 0 Å². The molecule has 4 nitrogen and oxygen atoms in total. The number of carbonyl (C=O) groups is 1. The summed E-state index contributed by atoms with van der Waals surface area (Å²) in [7, 11) is -1.69. The Balaban J connectivity index is 1.64. The van der Waals surface area contributed by atoms with Crippen molar-refractivity contribution in [1.29, 1.82) is 0 Å². The molecule has 1 saturated heterocycles. The molecule has 1 aromatic rings. The highest BCUT2D eigenvalue weighted by molar-refractivity contribution is 6.70. The van der Waals surface area contributed by atoms with Crippen LogP contribution in [0.5, 0.6) is 0 Å². The van der Waals surface area contributed by atoms with Crippen LogP contribution in [-0.2, 0) is 13.9 Å². The topological polar surface area (TPSA) is 44.8 Å². The van der Waals surface area contributed by atoms with E-state index in [9.17, 15) is 4.79 Å². The molecule has 0 aromatic heterocycles. The fraction of sp³-hybridized carbons (Fsp3) is 0.500. The minimum Gasteiger partial charge on any atom is -0.545 e. The van der Waals surface area contributed by atoms with Crippen LogP contribution in [0.1, 0.15) is 43.5 Å². The van der Waals surface area contributed by atoms with Crippen LogP contribution < -0.4 is 0 Å². The van der Waals surface area contributed by atoms with E-state index in [1.54, 1.807) is 12.1 Å². The lowest BCUT2D eigenvalue weighted by molar-refractivity contribution is -0.112. The van der Waals surface area contributed by atoms with Crippen LogP contribution in [0.15, 0.2) is 66.0 Å². The van der Waals surface area contributed by atoms with Crippen LogP contribution in [-0.4, -0.2) is 32.1 Å². The van der Waals surface area contributed by atoms with Gasteiger partial charge in [-0.15, -0.1) is 0 Å². The van der Waals surface area contributed by atoms with E-state index in [4.69, 9.17) is 13.9 Å². The standard InChI is InChI=1S/C26H34O4Si/c1-18-10-9-15-26(2,29-25(27)19-11-7-6-8-12-19)24-21-14-13-20(30-31(3,4)5)17-22(21)23(16-18)28-24/h6-8,10-14,17,21-24H,9,15-16H2,1-5H3/b18-10-/t21-,22+,23-,24-,26-/m1/s1. The molecule has 166 valence electrons. The maximum atomic E-state index is 13.0. The molecule has 2 heterocycles. The number of fused-ring (bicyclic) bond motifs is 5. The second-order valence-corrected chi connectivity index (χ2v) is 14.7. The number of ether oxygens (including phenoxy) is 2. The van der Waals surface area contributed by atoms with Gasteiger partial charge >= 0.3 is 5.97 Å². The van der Waals surface area contributed by atoms with E-state index in [1.165, 1.54) is 5.57 Å². The van der Waals surface area contributed by atoms with Crippen LogP contribution in [0.2, 0.25) is 19.6 Å². The molecule has 1 fully saturated rings. The van der Waals surface area contributed by atoms with E-state index in [0.717, 1.165) is 25.0 Å². The molecule has 31 heavy (non-hydrogen) atoms. The van der Waals surface area contributed by atoms with E-state index in [-0.39, 0.29) is 30.0 Å². The first-order chi connectivity index (χ1) is 14.6. The third kappa shape index (κ3) is 4.88. The Kier molecular flexibility index (Phi) is 6.01. The van der Waals surface area contributed by atoms with Crippen LogP contribution in [0.3, 0.4) is 0 Å². The third-order valence-corrected chi connectivity index (χ3v) is 7.25. The van der Waals surface area contributed by atoms with E-state index in [2.05, 4.69) is 50.9 Å². The second-order valence-electron chi connectivity index (χ2n) is 10.3. The Morgan fingerprint density at radius 2 is 1.90 bits per heavy atom. The molecule has 2 bridgehead atoms. The Bertz CT molecular complexity index is 911. The van der Waals surface area contributed by atoms with Gasteiger partial charge in [0.1, 0.15) is 11.7 Å². The summed E-state index contributed by atoms with van der Waals surface area (Å²) < 4.78 is 19.2. The Morgan fingerprint density at radius 1 is 1.16 bits per heavy atom. The summed E-state index contributed by atoms with van der Waals surface area (Å²) in [6, 6.07) is 9.23. The number of esters is 1. The Hall–Kier alpha value is -2.11. The zero-order valence-corrected chi connectivity index (χ0v) is 20.3. The molecule has 4 rings (SSSR count). The van der Waals surface area contributed by atoms with Crippen molar-refractivity contribution in [3.8, 4) is 0 Å². The van der Waals surface area contributed by atoms with E-state index < -0.39 is 13.9 Å². The number of benzene rings is 1. The van der Waals surface area contributed by atoms with Crippen LogP contribution >= 0.6 is 0 Å². The summed E-state index contributed by atoms with van der Waals surface area (Å²) in [5, 5.41) is 0. The molecule has 0 saturated carbocycles. The number of allylic oxidation sites excluding steroid dienone is 2. The molecular formula is C26H34O4Si. The Morgan fingerprint density at radius 3 is 2.61 bits per heavy atom. The molecule has 0 N–H and O–H groups in total. The number of hydrogen-bond acceptors (Lipinski definition) is 4. The molecule has 5 heteroatoms. The third-order valence-electron chi connectivity index (χ3n) is 6.40. The van der Waals surface area contributed by atoms with Crippen LogP contribution in [0.25, 0.3) is 0 Å². The van der Waals surface area contributed by atoms with E-state index >= 15 is 0 Å². The van der Waals surface area contributed by atoms with Gasteiger partial charge in [-0.2, -0.15) is 0 Å². The van der Waals surface area contributed by atoms with Crippen molar-refractivity contribution in [2.45, 2.75) is 70.6 Å². The van der Waals surface area contributed by atoms with E-state index in [1.807, 2.05) is 25.1 Å².